The first kappa shape index (κ1) is 21.9. The number of carbonyl (C=O) groups is 2. The van der Waals surface area contributed by atoms with Crippen molar-refractivity contribution in [2.24, 2.45) is 0 Å². The highest BCUT2D eigenvalue weighted by Gasteiger charge is 2.17. The predicted octanol–water partition coefficient (Wildman–Crippen LogP) is 3.59. The summed E-state index contributed by atoms with van der Waals surface area (Å²) in [6.45, 7) is 3.51. The zero-order chi connectivity index (χ0) is 22.3. The summed E-state index contributed by atoms with van der Waals surface area (Å²) in [4.78, 5) is 24.7. The smallest absolute Gasteiger partial charge is 0.286 e. The molecule has 32 heavy (non-hydrogen) atoms. The molecule has 166 valence electrons. The highest BCUT2D eigenvalue weighted by Crippen LogP contribution is 2.18. The SMILES string of the molecule is Cc1ccc(OCc2nnc(C(=O)Nc3ccc(C(=O)NCC4CCCO4)cc3)s2)cc1. The van der Waals surface area contributed by atoms with Crippen LogP contribution in [0.2, 0.25) is 0 Å². The monoisotopic (exact) mass is 452 g/mol. The molecule has 1 fully saturated rings. The summed E-state index contributed by atoms with van der Waals surface area (Å²) in [5.41, 5.74) is 2.24. The van der Waals surface area contributed by atoms with Gasteiger partial charge in [0.25, 0.3) is 11.8 Å². The Morgan fingerprint density at radius 1 is 1.09 bits per heavy atom. The van der Waals surface area contributed by atoms with E-state index in [2.05, 4.69) is 20.8 Å². The van der Waals surface area contributed by atoms with Crippen LogP contribution in [-0.4, -0.2) is 41.3 Å². The molecule has 1 unspecified atom stereocenters. The van der Waals surface area contributed by atoms with Crippen LogP contribution in [0.15, 0.2) is 48.5 Å². The van der Waals surface area contributed by atoms with Crippen LogP contribution < -0.4 is 15.4 Å². The van der Waals surface area contributed by atoms with Gasteiger partial charge >= 0.3 is 0 Å². The highest BCUT2D eigenvalue weighted by atomic mass is 32.1. The molecule has 1 saturated heterocycles. The van der Waals surface area contributed by atoms with Gasteiger partial charge in [-0.1, -0.05) is 29.0 Å². The van der Waals surface area contributed by atoms with E-state index in [9.17, 15) is 9.59 Å². The number of aryl methyl sites for hydroxylation is 1. The Morgan fingerprint density at radius 3 is 2.59 bits per heavy atom. The average Bonchev–Trinajstić information content (AvgIpc) is 3.50. The lowest BCUT2D eigenvalue weighted by Gasteiger charge is -2.11. The lowest BCUT2D eigenvalue weighted by atomic mass is 10.2. The number of anilines is 1. The molecule has 8 nitrogen and oxygen atoms in total. The van der Waals surface area contributed by atoms with Crippen LogP contribution in [0, 0.1) is 6.92 Å². The number of hydrogen-bond acceptors (Lipinski definition) is 7. The Labute approximate surface area is 190 Å². The second kappa shape index (κ2) is 10.3. The van der Waals surface area contributed by atoms with Crippen LogP contribution in [0.25, 0.3) is 0 Å². The summed E-state index contributed by atoms with van der Waals surface area (Å²) in [5.74, 6) is 0.206. The molecule has 1 aromatic heterocycles. The summed E-state index contributed by atoms with van der Waals surface area (Å²) in [5, 5.41) is 14.5. The van der Waals surface area contributed by atoms with Gasteiger partial charge in [0.15, 0.2) is 5.01 Å². The molecule has 2 aromatic carbocycles. The number of nitrogens with zero attached hydrogens (tertiary/aromatic N) is 2. The van der Waals surface area contributed by atoms with Crippen molar-refractivity contribution in [1.82, 2.24) is 15.5 Å². The zero-order valence-corrected chi connectivity index (χ0v) is 18.5. The maximum Gasteiger partial charge on any atom is 0.286 e. The quantitative estimate of drug-likeness (QED) is 0.542. The van der Waals surface area contributed by atoms with Crippen molar-refractivity contribution < 1.29 is 19.1 Å². The maximum absolute atomic E-state index is 12.5. The van der Waals surface area contributed by atoms with Gasteiger partial charge in [0.2, 0.25) is 5.01 Å². The number of ether oxygens (including phenoxy) is 2. The lowest BCUT2D eigenvalue weighted by molar-refractivity contribution is 0.0857. The number of carbonyl (C=O) groups excluding carboxylic acids is 2. The molecule has 1 aliphatic heterocycles. The van der Waals surface area contributed by atoms with Crippen LogP contribution in [-0.2, 0) is 11.3 Å². The molecular weight excluding hydrogens is 428 g/mol. The number of aromatic nitrogens is 2. The molecule has 0 spiro atoms. The molecule has 0 saturated carbocycles. The lowest BCUT2D eigenvalue weighted by Crippen LogP contribution is -2.31. The fraction of sp³-hybridized carbons (Fsp3) is 0.304. The van der Waals surface area contributed by atoms with Crippen molar-refractivity contribution in [1.29, 1.82) is 0 Å². The third kappa shape index (κ3) is 5.89. The molecule has 4 rings (SSSR count). The largest absolute Gasteiger partial charge is 0.486 e. The minimum absolute atomic E-state index is 0.0941. The third-order valence-electron chi connectivity index (χ3n) is 4.96. The first-order valence-corrected chi connectivity index (χ1v) is 11.2. The predicted molar refractivity (Wildman–Crippen MR) is 121 cm³/mol. The van der Waals surface area contributed by atoms with Crippen molar-refractivity contribution in [2.75, 3.05) is 18.5 Å². The fourth-order valence-corrected chi connectivity index (χ4v) is 3.83. The maximum atomic E-state index is 12.5. The normalized spacial score (nSPS) is 15.3. The summed E-state index contributed by atoms with van der Waals surface area (Å²) in [6.07, 6.45) is 2.10. The molecule has 0 aliphatic carbocycles. The molecule has 2 N–H and O–H groups in total. The Balaban J connectivity index is 1.27. The Hall–Kier alpha value is -3.30. The summed E-state index contributed by atoms with van der Waals surface area (Å²) in [6, 6.07) is 14.4. The van der Waals surface area contributed by atoms with Crippen LogP contribution in [0.4, 0.5) is 5.69 Å². The van der Waals surface area contributed by atoms with Gasteiger partial charge in [-0.3, -0.25) is 9.59 Å². The first-order valence-electron chi connectivity index (χ1n) is 10.4. The van der Waals surface area contributed by atoms with Gasteiger partial charge < -0.3 is 20.1 Å². The van der Waals surface area contributed by atoms with Gasteiger partial charge in [0.1, 0.15) is 12.4 Å². The number of rotatable bonds is 8. The van der Waals surface area contributed by atoms with Gasteiger partial charge in [0.05, 0.1) is 6.10 Å². The van der Waals surface area contributed by atoms with E-state index in [4.69, 9.17) is 9.47 Å². The van der Waals surface area contributed by atoms with Gasteiger partial charge in [-0.25, -0.2) is 0 Å². The zero-order valence-electron chi connectivity index (χ0n) is 17.7. The Kier molecular flexibility index (Phi) is 7.08. The van der Waals surface area contributed by atoms with E-state index in [1.165, 1.54) is 11.3 Å². The molecule has 0 bridgehead atoms. The first-order chi connectivity index (χ1) is 15.6. The minimum atomic E-state index is -0.361. The van der Waals surface area contributed by atoms with Crippen molar-refractivity contribution in [3.05, 3.63) is 69.7 Å². The Morgan fingerprint density at radius 2 is 1.88 bits per heavy atom. The van der Waals surface area contributed by atoms with E-state index in [0.717, 1.165) is 30.8 Å². The molecule has 1 aliphatic rings. The topological polar surface area (TPSA) is 102 Å². The minimum Gasteiger partial charge on any atom is -0.486 e. The van der Waals surface area contributed by atoms with Gasteiger partial charge in [-0.15, -0.1) is 10.2 Å². The van der Waals surface area contributed by atoms with E-state index in [0.29, 0.717) is 22.8 Å². The second-order valence-electron chi connectivity index (χ2n) is 7.48. The summed E-state index contributed by atoms with van der Waals surface area (Å²) in [7, 11) is 0. The van der Waals surface area contributed by atoms with Crippen molar-refractivity contribution >= 4 is 28.8 Å². The average molecular weight is 453 g/mol. The third-order valence-corrected chi connectivity index (χ3v) is 5.86. The number of nitrogens with one attached hydrogen (secondary N) is 2. The standard InChI is InChI=1S/C23H24N4O4S/c1-15-4-10-18(11-5-15)31-14-20-26-27-23(32-20)22(29)25-17-8-6-16(7-9-17)21(28)24-13-19-3-2-12-30-19/h4-11,19H,2-3,12-14H2,1H3,(H,24,28)(H,25,29). The van der Waals surface area contributed by atoms with E-state index < -0.39 is 0 Å². The molecule has 2 heterocycles. The molecule has 9 heteroatoms. The van der Waals surface area contributed by atoms with E-state index in [1.807, 2.05) is 31.2 Å². The van der Waals surface area contributed by atoms with Gasteiger partial charge in [-0.05, 0) is 56.2 Å². The van der Waals surface area contributed by atoms with E-state index in [-0.39, 0.29) is 29.5 Å². The van der Waals surface area contributed by atoms with E-state index >= 15 is 0 Å². The van der Waals surface area contributed by atoms with Crippen molar-refractivity contribution in [2.45, 2.75) is 32.5 Å². The summed E-state index contributed by atoms with van der Waals surface area (Å²) < 4.78 is 11.2. The van der Waals surface area contributed by atoms with E-state index in [1.54, 1.807) is 24.3 Å². The number of hydrogen-bond donors (Lipinski definition) is 2. The summed E-state index contributed by atoms with van der Waals surface area (Å²) >= 11 is 1.17. The van der Waals surface area contributed by atoms with Crippen LogP contribution in [0.1, 0.15) is 43.6 Å². The molecular formula is C23H24N4O4S. The molecule has 2 amide bonds. The van der Waals surface area contributed by atoms with Crippen LogP contribution in [0.3, 0.4) is 0 Å². The highest BCUT2D eigenvalue weighted by molar-refractivity contribution is 7.13. The fourth-order valence-electron chi connectivity index (χ4n) is 3.19. The number of amides is 2. The second-order valence-corrected chi connectivity index (χ2v) is 8.54. The van der Waals surface area contributed by atoms with Crippen LogP contribution in [0.5, 0.6) is 5.75 Å². The van der Waals surface area contributed by atoms with Gasteiger partial charge in [-0.2, -0.15) is 0 Å². The molecule has 1 atom stereocenters. The molecule has 3 aromatic rings. The van der Waals surface area contributed by atoms with Crippen molar-refractivity contribution in [3.8, 4) is 5.75 Å². The Bertz CT molecular complexity index is 1060. The molecule has 0 radical (unpaired) electrons. The van der Waals surface area contributed by atoms with Gasteiger partial charge in [0, 0.05) is 24.4 Å². The van der Waals surface area contributed by atoms with Crippen LogP contribution >= 0.6 is 11.3 Å². The van der Waals surface area contributed by atoms with Crippen molar-refractivity contribution in [3.63, 3.8) is 0 Å². The number of benzene rings is 2.